The Morgan fingerprint density at radius 1 is 0.835 bits per heavy atom. The van der Waals surface area contributed by atoms with Crippen molar-refractivity contribution in [2.45, 2.75) is 115 Å². The number of piperazine rings is 5. The van der Waals surface area contributed by atoms with Crippen LogP contribution in [0.4, 0.5) is 4.39 Å². The standard InChI is InChI=1S/C7H10N2O2S4.C7H10N2O2S2.C7H12N2O2S2.C7H12N2O2.C6H10ClNO3.C5H8N2O2.C4H9NO2.C2H2Cl2O.C2H6O.CHCl3.CH3F.CH4O.CH4S.B.ClH.I2.2Na.2H/c1-7-6(11)8(2)5(4(10)9(7)3)15(7)14-13-12;1-7-6(11)8(2)5(12-13-7)4(10)9(7)3;1-7(13)6(11)8(2)5(12)4(10)9(7)3;1-5-7(11)8(2)4-6(10)9(5)3;1-4(6(10)11-2)8-5(9)3-7;1-3-5(9)6-2-4(8)7-3;1-3(5)4(6)7-2;3-1-2(4)5;1-2-3;2-1(3)4;3*1-2;;;1-2;;;;/h5H,1-3H3;5H,1-3H3;5,12-13H,1-3H3;5H,4H2,1-3H3;4H,3H2,1-2H3,(H,8,9);3H,2H2,1H3,(H,6,9)(H,7,8);3H,5H2,1-2H3;1H2;3H,2H2,1H3;1H;1H3;2*2H,1H3;;1H;;;;;/q;;;;;;;;;;;;;;;;2*+1;2*-1/i;;;;;;;;;;1D;;1D;;;;;;;. The summed E-state index contributed by atoms with van der Waals surface area (Å²) in [5.41, 5.74) is 5.07. The van der Waals surface area contributed by atoms with E-state index in [-0.39, 0.29) is 224 Å². The van der Waals surface area contributed by atoms with Crippen molar-refractivity contribution in [2.24, 2.45) is 5.73 Å². The molecule has 0 aromatic carbocycles. The summed E-state index contributed by atoms with van der Waals surface area (Å²) < 4.78 is 29.4. The van der Waals surface area contributed by atoms with Gasteiger partial charge in [-0.05, 0) is 102 Å². The Hall–Kier alpha value is 0.905. The first-order valence-electron chi connectivity index (χ1n) is 28.5. The summed E-state index contributed by atoms with van der Waals surface area (Å²) in [6.45, 7) is 13.9. The van der Waals surface area contributed by atoms with Gasteiger partial charge in [-0.15, -0.1) is 60.9 Å². The van der Waals surface area contributed by atoms with Crippen molar-refractivity contribution in [3.8, 4) is 0 Å². The molecule has 0 saturated carbocycles. The minimum absolute atomic E-state index is 0. The van der Waals surface area contributed by atoms with E-state index in [1.807, 2.05) is 6.92 Å². The number of carbonyl (C=O) groups is 14. The Kier molecular flexibility index (Phi) is 80.0. The number of nitrogens with one attached hydrogen (secondary N) is 3. The second-order valence-electron chi connectivity index (χ2n) is 19.3. The van der Waals surface area contributed by atoms with Gasteiger partial charge in [-0.2, -0.15) is 12.6 Å². The van der Waals surface area contributed by atoms with Gasteiger partial charge < -0.3 is 83.4 Å². The molecule has 4 bridgehead atoms. The first-order chi connectivity index (χ1) is 46.5. The van der Waals surface area contributed by atoms with E-state index in [9.17, 15) is 71.5 Å². The Morgan fingerprint density at radius 2 is 1.26 bits per heavy atom. The van der Waals surface area contributed by atoms with Crippen LogP contribution in [-0.2, 0) is 115 Å². The molecule has 11 unspecified atom stereocenters. The molecule has 3 radical (unpaired) electrons. The summed E-state index contributed by atoms with van der Waals surface area (Å²) in [7, 11) is 21.0. The van der Waals surface area contributed by atoms with Gasteiger partial charge in [0.25, 0.3) is 35.4 Å². The molecular weight excluding hydrogens is 1930 g/mol. The number of hydrogen-bond donors (Lipinski definition) is 9. The largest absolute Gasteiger partial charge is 1.00 e. The van der Waals surface area contributed by atoms with Crippen LogP contribution in [-0.4, -0.2) is 322 Å². The smallest absolute Gasteiger partial charge is 1.00 e. The number of carbonyl (C=O) groups excluding carboxylic acids is 14. The molecule has 8 aliphatic heterocycles. The molecule has 0 aromatic rings. The molecule has 0 aromatic heterocycles. The zero-order valence-electron chi connectivity index (χ0n) is 64.3. The van der Waals surface area contributed by atoms with Crippen LogP contribution in [0, 0.1) is 0 Å². The molecule has 0 spiro atoms. The average Bonchev–Trinajstić information content (AvgIpc) is 1.60. The fraction of sp³-hybridized carbons (Fsp3) is 0.725. The van der Waals surface area contributed by atoms with Crippen molar-refractivity contribution in [3.05, 3.63) is 0 Å². The number of fused-ring (bicyclic) bond motifs is 5. The van der Waals surface area contributed by atoms with Crippen LogP contribution in [0.25, 0.3) is 0 Å². The number of aliphatic hydroxyl groups excluding tert-OH is 2. The molecule has 8 fully saturated rings. The van der Waals surface area contributed by atoms with Gasteiger partial charge in [0.15, 0.2) is 35.0 Å². The number of esters is 2. The monoisotopic (exact) mass is 2030 g/mol. The summed E-state index contributed by atoms with van der Waals surface area (Å²) in [4.78, 5) is 164. The number of amides is 11. The molecule has 8 heterocycles. The van der Waals surface area contributed by atoms with Crippen molar-refractivity contribution < 1.29 is 156 Å². The van der Waals surface area contributed by atoms with Crippen LogP contribution < -0.4 is 80.8 Å². The van der Waals surface area contributed by atoms with Crippen molar-refractivity contribution in [1.29, 1.82) is 0 Å². The van der Waals surface area contributed by atoms with Gasteiger partial charge in [0, 0.05) is 117 Å². The third-order valence-corrected chi connectivity index (χ3v) is 25.8. The van der Waals surface area contributed by atoms with Crippen LogP contribution in [0.2, 0.25) is 0 Å². The molecule has 8 rings (SSSR count). The fourth-order valence-corrected chi connectivity index (χ4v) is 18.9. The van der Waals surface area contributed by atoms with E-state index in [1.165, 1.54) is 85.0 Å². The Morgan fingerprint density at radius 3 is 1.60 bits per heavy atom. The summed E-state index contributed by atoms with van der Waals surface area (Å²) in [5.74, 6) is -2.08. The fourth-order valence-electron chi connectivity index (χ4n) is 7.00. The topological polar surface area (TPSA) is 386 Å². The number of rotatable bonds is 5. The molecule has 595 valence electrons. The SMILES string of the molecule is CC1C(=O)N(C)CC(=O)N1C.CC1NC(=O)CNC1=O.CCO.CN1C(=O)C(C)(S)N(C)C(=O)C1S.CN1C(=O)C2(C)N(C)C(=O)C1S2=S=S=S.CN1C(=O)C2(C)SSC1C(=O)N2C.CO.COC(=O)C(C)N.COC(=O)C(C)NC(=O)CCl.Cl.ClC(Cl)Cl.II.O=C(Cl)CCl.[2H]CF.[2H]CS.[B].[H-].[H-].[Na+].[Na+]. The number of alkyl halides is 6. The van der Waals surface area contributed by atoms with Gasteiger partial charge in [-0.3, -0.25) is 66.7 Å². The van der Waals surface area contributed by atoms with E-state index in [2.05, 4.69) is 101 Å². The quantitative estimate of drug-likeness (QED) is 0.0243. The number of aliphatic hydroxyl groups is 2. The Labute approximate surface area is 752 Å². The second kappa shape index (κ2) is 67.4. The minimum Gasteiger partial charge on any atom is -1.00 e. The first-order valence-corrected chi connectivity index (χ1v) is 44.8. The van der Waals surface area contributed by atoms with Gasteiger partial charge in [-0.25, -0.2) is 4.79 Å². The van der Waals surface area contributed by atoms with Crippen LogP contribution >= 0.6 is 179 Å². The predicted molar refractivity (Wildman–Crippen MR) is 441 cm³/mol. The van der Waals surface area contributed by atoms with Gasteiger partial charge in [0.05, 0.1) is 41.7 Å². The van der Waals surface area contributed by atoms with Crippen LogP contribution in [0.5, 0.6) is 0 Å². The molecule has 11 amide bonds. The third-order valence-electron chi connectivity index (χ3n) is 12.8. The molecule has 103 heavy (non-hydrogen) atoms. The maximum Gasteiger partial charge on any atom is 1.00 e. The molecule has 8 saturated heterocycles. The van der Waals surface area contributed by atoms with E-state index >= 15 is 0 Å². The van der Waals surface area contributed by atoms with E-state index in [0.717, 1.165) is 7.11 Å². The number of thiol groups is 3. The molecule has 7 N–H and O–H groups in total. The van der Waals surface area contributed by atoms with E-state index in [4.69, 9.17) is 99.5 Å². The van der Waals surface area contributed by atoms with E-state index in [0.29, 0.717) is 0 Å². The van der Waals surface area contributed by atoms with Gasteiger partial charge in [0.1, 0.15) is 30.0 Å². The third kappa shape index (κ3) is 42.6. The Balaban J connectivity index is -0.0000000835. The number of nitrogens with two attached hydrogens (primary N) is 1. The van der Waals surface area contributed by atoms with Gasteiger partial charge in [-0.1, -0.05) is 65.8 Å². The summed E-state index contributed by atoms with van der Waals surface area (Å²) in [6.07, 6.45) is 0.194. The maximum atomic E-state index is 12.0. The van der Waals surface area contributed by atoms with Gasteiger partial charge in [0.2, 0.25) is 34.8 Å². The summed E-state index contributed by atoms with van der Waals surface area (Å²) >= 11 is 49.9. The zero-order valence-corrected chi connectivity index (χ0v) is 81.6. The van der Waals surface area contributed by atoms with Crippen LogP contribution in [0.3, 0.4) is 0 Å². The molecule has 52 heteroatoms. The van der Waals surface area contributed by atoms with Crippen molar-refractivity contribution in [1.82, 2.24) is 55.1 Å². The Bertz CT molecular complexity index is 2840. The number of halogens is 10. The number of methoxy groups -OCH3 is 2. The zero-order chi connectivity index (χ0) is 81.7. The van der Waals surface area contributed by atoms with Crippen molar-refractivity contribution in [2.75, 3.05) is 123 Å². The van der Waals surface area contributed by atoms with Crippen molar-refractivity contribution >= 4 is 308 Å². The average molecular weight is 2030 g/mol. The van der Waals surface area contributed by atoms with Crippen molar-refractivity contribution in [3.63, 3.8) is 0 Å². The summed E-state index contributed by atoms with van der Waals surface area (Å²) in [5, 5.41) is 20.0. The number of ether oxygens (including phenoxy) is 2. The normalized spacial score (nSPS) is 23.8. The minimum atomic E-state index is -1.06. The summed E-state index contributed by atoms with van der Waals surface area (Å²) in [6, 6.07) is -1.80. The first kappa shape index (κ1) is 122. The second-order valence-corrected chi connectivity index (χ2v) is 32.7. The molecule has 30 nitrogen and oxygen atoms in total. The van der Waals surface area contributed by atoms with Gasteiger partial charge >= 0.3 is 71.1 Å². The maximum absolute atomic E-state index is 12.0. The predicted octanol–water partition coefficient (Wildman–Crippen LogP) is -3.68. The molecular formula is C51H94BCl7FI2N12Na2O18S9. The molecule has 0 aliphatic carbocycles. The van der Waals surface area contributed by atoms with Crippen LogP contribution in [0.1, 0.15) is 61.0 Å². The molecule has 11 atom stereocenters. The molecule has 8 aliphatic rings. The van der Waals surface area contributed by atoms with Crippen LogP contribution in [0.15, 0.2) is 0 Å². The van der Waals surface area contributed by atoms with E-state index in [1.54, 1.807) is 113 Å². The van der Waals surface area contributed by atoms with E-state index < -0.39 is 54.7 Å². The number of nitrogens with zero attached hydrogens (tertiary/aromatic N) is 8. The number of likely N-dealkylation sites (N-methyl/N-ethyl adjacent to an activating group) is 8. The number of hydrogen-bond acceptors (Lipinski definition) is 25.